The summed E-state index contributed by atoms with van der Waals surface area (Å²) in [6, 6.07) is 25.2. The summed E-state index contributed by atoms with van der Waals surface area (Å²) in [6.45, 7) is 3.46. The van der Waals surface area contributed by atoms with Crippen LogP contribution in [0.25, 0.3) is 0 Å². The van der Waals surface area contributed by atoms with E-state index in [2.05, 4.69) is 5.32 Å². The normalized spacial score (nSPS) is 12.1. The number of nitrogens with one attached hydrogen (secondary N) is 1. The molecule has 0 aliphatic heterocycles. The van der Waals surface area contributed by atoms with E-state index in [-0.39, 0.29) is 39.5 Å². The Hall–Kier alpha value is -3.27. The van der Waals surface area contributed by atoms with Gasteiger partial charge in [0.05, 0.1) is 20.6 Å². The highest BCUT2D eigenvalue weighted by molar-refractivity contribution is 7.92. The summed E-state index contributed by atoms with van der Waals surface area (Å²) in [5.74, 6) is -0.923. The molecule has 0 saturated carbocycles. The molecule has 0 spiro atoms. The number of benzene rings is 4. The molecule has 0 aromatic heterocycles. The van der Waals surface area contributed by atoms with E-state index in [1.54, 1.807) is 36.4 Å². The van der Waals surface area contributed by atoms with E-state index < -0.39 is 34.4 Å². The van der Waals surface area contributed by atoms with Crippen LogP contribution in [0.4, 0.5) is 5.69 Å². The summed E-state index contributed by atoms with van der Waals surface area (Å²) in [4.78, 5) is 29.7. The zero-order valence-electron chi connectivity index (χ0n) is 25.2. The molecule has 4 aromatic carbocycles. The summed E-state index contributed by atoms with van der Waals surface area (Å²) in [5, 5.41) is 3.86. The van der Waals surface area contributed by atoms with Gasteiger partial charge in [-0.05, 0) is 53.9 Å². The number of carbonyl (C=O) groups is 2. The number of hydrogen-bond donors (Lipinski definition) is 1. The Morgan fingerprint density at radius 2 is 1.37 bits per heavy atom. The van der Waals surface area contributed by atoms with Crippen LogP contribution in [0.2, 0.25) is 20.1 Å². The van der Waals surface area contributed by atoms with Crippen LogP contribution >= 0.6 is 46.4 Å². The Labute approximate surface area is 290 Å². The van der Waals surface area contributed by atoms with Gasteiger partial charge in [0.25, 0.3) is 10.0 Å². The third kappa shape index (κ3) is 8.96. The SMILES string of the molecule is CC(C)CNC(=O)C(Cc1ccccc1)N(Cc1c(Cl)cccc1Cl)C(=O)CN(c1ccc(Cl)c(Cl)c1)S(=O)(=O)c1ccccc1. The van der Waals surface area contributed by atoms with Gasteiger partial charge in [-0.3, -0.25) is 13.9 Å². The van der Waals surface area contributed by atoms with Gasteiger partial charge in [-0.2, -0.15) is 0 Å². The van der Waals surface area contributed by atoms with Crippen molar-refractivity contribution >= 4 is 73.9 Å². The molecule has 46 heavy (non-hydrogen) atoms. The zero-order chi connectivity index (χ0) is 33.4. The van der Waals surface area contributed by atoms with E-state index in [0.717, 1.165) is 9.87 Å². The lowest BCUT2D eigenvalue weighted by atomic mass is 10.0. The lowest BCUT2D eigenvalue weighted by Gasteiger charge is -2.34. The molecule has 0 bridgehead atoms. The van der Waals surface area contributed by atoms with Crippen molar-refractivity contribution in [3.63, 3.8) is 0 Å². The molecular weight excluding hydrogens is 688 g/mol. The van der Waals surface area contributed by atoms with E-state index in [1.165, 1.54) is 35.2 Å². The highest BCUT2D eigenvalue weighted by Gasteiger charge is 2.35. The first-order chi connectivity index (χ1) is 21.9. The number of hydrogen-bond acceptors (Lipinski definition) is 4. The number of amides is 2. The van der Waals surface area contributed by atoms with Gasteiger partial charge in [0.15, 0.2) is 0 Å². The second kappa shape index (κ2) is 16.0. The van der Waals surface area contributed by atoms with Gasteiger partial charge in [0.1, 0.15) is 12.6 Å². The fraction of sp³-hybridized carbons (Fsp3) is 0.235. The number of rotatable bonds is 13. The summed E-state index contributed by atoms with van der Waals surface area (Å²) in [6.07, 6.45) is 0.150. The predicted octanol–water partition coefficient (Wildman–Crippen LogP) is 7.91. The van der Waals surface area contributed by atoms with Gasteiger partial charge in [0.2, 0.25) is 11.8 Å². The van der Waals surface area contributed by atoms with Crippen molar-refractivity contribution in [2.45, 2.75) is 37.8 Å². The maximum atomic E-state index is 14.6. The minimum Gasteiger partial charge on any atom is -0.354 e. The van der Waals surface area contributed by atoms with E-state index in [0.29, 0.717) is 22.2 Å². The maximum Gasteiger partial charge on any atom is 0.264 e. The standard InChI is InChI=1S/C34H33Cl4N3O4S/c1-23(2)20-39-34(43)32(18-24-10-5-3-6-11-24)40(21-27-28(35)14-9-15-29(27)36)33(42)22-41(25-16-17-30(37)31(38)19-25)46(44,45)26-12-7-4-8-13-26/h3-17,19,23,32H,18,20-22H2,1-2H3,(H,39,43). The van der Waals surface area contributed by atoms with Crippen molar-refractivity contribution in [3.8, 4) is 0 Å². The first-order valence-corrected chi connectivity index (χ1v) is 17.4. The lowest BCUT2D eigenvalue weighted by molar-refractivity contribution is -0.140. The molecular formula is C34H33Cl4N3O4S. The molecule has 4 aromatic rings. The van der Waals surface area contributed by atoms with Gasteiger partial charge in [-0.25, -0.2) is 8.42 Å². The minimum atomic E-state index is -4.30. The van der Waals surface area contributed by atoms with Crippen molar-refractivity contribution in [2.75, 3.05) is 17.4 Å². The fourth-order valence-electron chi connectivity index (χ4n) is 4.72. The number of halogens is 4. The van der Waals surface area contributed by atoms with E-state index in [9.17, 15) is 18.0 Å². The van der Waals surface area contributed by atoms with Crippen LogP contribution < -0.4 is 9.62 Å². The van der Waals surface area contributed by atoms with Crippen molar-refractivity contribution < 1.29 is 18.0 Å². The van der Waals surface area contributed by atoms with Crippen molar-refractivity contribution in [2.24, 2.45) is 5.92 Å². The van der Waals surface area contributed by atoms with E-state index in [1.807, 2.05) is 44.2 Å². The smallest absolute Gasteiger partial charge is 0.264 e. The van der Waals surface area contributed by atoms with Crippen LogP contribution in [0, 0.1) is 5.92 Å². The number of carbonyl (C=O) groups excluding carboxylic acids is 2. The van der Waals surface area contributed by atoms with Crippen molar-refractivity contribution in [1.82, 2.24) is 10.2 Å². The third-order valence-corrected chi connectivity index (χ3v) is 10.4. The molecule has 0 radical (unpaired) electrons. The summed E-state index contributed by atoms with van der Waals surface area (Å²) >= 11 is 25.6. The first kappa shape index (κ1) is 35.6. The lowest BCUT2D eigenvalue weighted by Crippen LogP contribution is -2.53. The minimum absolute atomic E-state index is 0.0370. The second-order valence-electron chi connectivity index (χ2n) is 11.0. The molecule has 242 valence electrons. The largest absolute Gasteiger partial charge is 0.354 e. The highest BCUT2D eigenvalue weighted by atomic mass is 35.5. The van der Waals surface area contributed by atoms with Gasteiger partial charge >= 0.3 is 0 Å². The Morgan fingerprint density at radius 1 is 0.761 bits per heavy atom. The van der Waals surface area contributed by atoms with Gasteiger partial charge in [-0.1, -0.05) is 115 Å². The zero-order valence-corrected chi connectivity index (χ0v) is 29.0. The molecule has 1 atom stereocenters. The first-order valence-electron chi connectivity index (χ1n) is 14.4. The summed E-state index contributed by atoms with van der Waals surface area (Å²) in [7, 11) is -4.30. The van der Waals surface area contributed by atoms with Crippen LogP contribution in [0.3, 0.4) is 0 Å². The summed E-state index contributed by atoms with van der Waals surface area (Å²) in [5.41, 5.74) is 1.33. The fourth-order valence-corrected chi connectivity index (χ4v) is 6.96. The molecule has 1 N–H and O–H groups in total. The Morgan fingerprint density at radius 3 is 1.96 bits per heavy atom. The van der Waals surface area contributed by atoms with Gasteiger partial charge in [0, 0.05) is 35.1 Å². The van der Waals surface area contributed by atoms with Crippen LogP contribution in [-0.2, 0) is 32.6 Å². The molecule has 0 aliphatic carbocycles. The quantitative estimate of drug-likeness (QED) is 0.152. The monoisotopic (exact) mass is 719 g/mol. The average molecular weight is 722 g/mol. The van der Waals surface area contributed by atoms with Gasteiger partial charge < -0.3 is 10.2 Å². The van der Waals surface area contributed by atoms with Crippen LogP contribution in [0.1, 0.15) is 25.0 Å². The molecule has 0 heterocycles. The molecule has 12 heteroatoms. The average Bonchev–Trinajstić information content (AvgIpc) is 3.03. The molecule has 4 rings (SSSR count). The van der Waals surface area contributed by atoms with Crippen molar-refractivity contribution in [3.05, 3.63) is 128 Å². The molecule has 0 saturated heterocycles. The second-order valence-corrected chi connectivity index (χ2v) is 14.5. The molecule has 1 unspecified atom stereocenters. The Balaban J connectivity index is 1.84. The molecule has 0 aliphatic rings. The van der Waals surface area contributed by atoms with Crippen molar-refractivity contribution in [1.29, 1.82) is 0 Å². The Kier molecular flexibility index (Phi) is 12.4. The molecule has 7 nitrogen and oxygen atoms in total. The van der Waals surface area contributed by atoms with E-state index in [4.69, 9.17) is 46.4 Å². The number of anilines is 1. The predicted molar refractivity (Wildman–Crippen MR) is 186 cm³/mol. The topological polar surface area (TPSA) is 86.8 Å². The van der Waals surface area contributed by atoms with Crippen LogP contribution in [0.5, 0.6) is 0 Å². The third-order valence-electron chi connectivity index (χ3n) is 7.15. The highest BCUT2D eigenvalue weighted by Crippen LogP contribution is 2.32. The van der Waals surface area contributed by atoms with Crippen LogP contribution in [-0.4, -0.2) is 44.3 Å². The van der Waals surface area contributed by atoms with Crippen LogP contribution in [0.15, 0.2) is 102 Å². The summed E-state index contributed by atoms with van der Waals surface area (Å²) < 4.78 is 29.1. The number of sulfonamides is 1. The molecule has 2 amide bonds. The number of nitrogens with zero attached hydrogens (tertiary/aromatic N) is 2. The Bertz CT molecular complexity index is 1750. The molecule has 0 fully saturated rings. The maximum absolute atomic E-state index is 14.6. The van der Waals surface area contributed by atoms with E-state index >= 15 is 0 Å². The van der Waals surface area contributed by atoms with Gasteiger partial charge in [-0.15, -0.1) is 0 Å².